The van der Waals surface area contributed by atoms with Crippen LogP contribution in [0.4, 0.5) is 0 Å². The second-order valence-electron chi connectivity index (χ2n) is 5.87. The van der Waals surface area contributed by atoms with E-state index >= 15 is 0 Å². The Bertz CT molecular complexity index is 195. The molecule has 0 aromatic heterocycles. The summed E-state index contributed by atoms with van der Waals surface area (Å²) in [5, 5.41) is 6.26. The lowest BCUT2D eigenvalue weighted by Gasteiger charge is -2.18. The van der Waals surface area contributed by atoms with Gasteiger partial charge < -0.3 is 10.6 Å². The third-order valence-corrected chi connectivity index (χ3v) is 2.33. The second kappa shape index (κ2) is 7.66. The molecule has 0 aromatic rings. The van der Waals surface area contributed by atoms with Crippen molar-refractivity contribution in [2.75, 3.05) is 13.1 Å². The van der Waals surface area contributed by atoms with Gasteiger partial charge in [0, 0.05) is 19.0 Å². The van der Waals surface area contributed by atoms with Gasteiger partial charge in [-0.05, 0) is 24.8 Å². The number of nitrogens with one attached hydrogen (secondary N) is 2. The third-order valence-electron chi connectivity index (χ3n) is 2.33. The molecule has 0 spiro atoms. The molecule has 0 aliphatic carbocycles. The van der Waals surface area contributed by atoms with Crippen molar-refractivity contribution < 1.29 is 4.79 Å². The quantitative estimate of drug-likeness (QED) is 0.657. The van der Waals surface area contributed by atoms with Gasteiger partial charge in [-0.1, -0.05) is 34.6 Å². The van der Waals surface area contributed by atoms with Crippen LogP contribution in [0.2, 0.25) is 0 Å². The summed E-state index contributed by atoms with van der Waals surface area (Å²) in [6, 6.07) is 0.504. The van der Waals surface area contributed by atoms with Crippen molar-refractivity contribution >= 4 is 5.91 Å². The van der Waals surface area contributed by atoms with Gasteiger partial charge in [-0.2, -0.15) is 0 Å². The first-order valence-corrected chi connectivity index (χ1v) is 6.31. The summed E-state index contributed by atoms with van der Waals surface area (Å²) in [7, 11) is 0. The van der Waals surface area contributed by atoms with Crippen molar-refractivity contribution in [1.29, 1.82) is 0 Å². The minimum absolute atomic E-state index is 0.176. The number of carbonyl (C=O) groups is 1. The Kier molecular flexibility index (Phi) is 7.39. The second-order valence-corrected chi connectivity index (χ2v) is 5.87. The van der Waals surface area contributed by atoms with E-state index in [1.165, 1.54) is 0 Å². The van der Waals surface area contributed by atoms with Gasteiger partial charge >= 0.3 is 0 Å². The van der Waals surface area contributed by atoms with Crippen molar-refractivity contribution in [2.45, 2.75) is 59.9 Å². The van der Waals surface area contributed by atoms with Crippen LogP contribution in [0.25, 0.3) is 0 Å². The van der Waals surface area contributed by atoms with E-state index in [1.54, 1.807) is 0 Å². The maximum Gasteiger partial charge on any atom is 0.220 e. The van der Waals surface area contributed by atoms with E-state index in [0.717, 1.165) is 25.9 Å². The minimum atomic E-state index is 0.176. The van der Waals surface area contributed by atoms with Crippen molar-refractivity contribution in [3.8, 4) is 0 Å². The first-order valence-electron chi connectivity index (χ1n) is 6.31. The van der Waals surface area contributed by atoms with Crippen LogP contribution in [0, 0.1) is 5.41 Å². The number of carbonyl (C=O) groups excluding carboxylic acids is 1. The van der Waals surface area contributed by atoms with Crippen LogP contribution in [0.15, 0.2) is 0 Å². The molecular formula is C13H28N2O. The van der Waals surface area contributed by atoms with E-state index < -0.39 is 0 Å². The number of amides is 1. The average molecular weight is 228 g/mol. The Hall–Kier alpha value is -0.570. The largest absolute Gasteiger partial charge is 0.356 e. The lowest BCUT2D eigenvalue weighted by Crippen LogP contribution is -2.29. The van der Waals surface area contributed by atoms with E-state index in [2.05, 4.69) is 45.3 Å². The molecule has 16 heavy (non-hydrogen) atoms. The predicted molar refractivity (Wildman–Crippen MR) is 69.5 cm³/mol. The molecule has 0 bridgehead atoms. The molecule has 0 heterocycles. The highest BCUT2D eigenvalue weighted by molar-refractivity contribution is 5.75. The molecule has 0 rings (SSSR count). The first-order chi connectivity index (χ1) is 7.31. The zero-order valence-corrected chi connectivity index (χ0v) is 11.5. The monoisotopic (exact) mass is 228 g/mol. The molecule has 3 heteroatoms. The fraction of sp³-hybridized carbons (Fsp3) is 0.923. The van der Waals surface area contributed by atoms with Gasteiger partial charge in [-0.3, -0.25) is 4.79 Å². The summed E-state index contributed by atoms with van der Waals surface area (Å²) in [6.07, 6.45) is 2.58. The molecule has 1 amide bonds. The van der Waals surface area contributed by atoms with Gasteiger partial charge in [-0.15, -0.1) is 0 Å². The van der Waals surface area contributed by atoms with Crippen molar-refractivity contribution in [3.05, 3.63) is 0 Å². The summed E-state index contributed by atoms with van der Waals surface area (Å²) >= 11 is 0. The summed E-state index contributed by atoms with van der Waals surface area (Å²) in [6.45, 7) is 12.5. The highest BCUT2D eigenvalue weighted by Gasteiger charge is 2.10. The molecule has 0 fully saturated rings. The normalized spacial score (nSPS) is 11.9. The van der Waals surface area contributed by atoms with Gasteiger partial charge in [-0.25, -0.2) is 0 Å². The van der Waals surface area contributed by atoms with Crippen LogP contribution in [-0.4, -0.2) is 25.0 Å². The third kappa shape index (κ3) is 11.5. The molecule has 0 unspecified atom stereocenters. The lowest BCUT2D eigenvalue weighted by molar-refractivity contribution is -0.121. The van der Waals surface area contributed by atoms with Crippen LogP contribution in [0.1, 0.15) is 53.9 Å². The van der Waals surface area contributed by atoms with Gasteiger partial charge in [0.1, 0.15) is 0 Å². The van der Waals surface area contributed by atoms with Gasteiger partial charge in [0.2, 0.25) is 5.91 Å². The number of rotatable bonds is 7. The first kappa shape index (κ1) is 15.4. The van der Waals surface area contributed by atoms with E-state index in [4.69, 9.17) is 0 Å². The fourth-order valence-electron chi connectivity index (χ4n) is 1.30. The SMILES string of the molecule is CC(C)NCCCC(=O)NCCC(C)(C)C. The van der Waals surface area contributed by atoms with Crippen molar-refractivity contribution in [3.63, 3.8) is 0 Å². The average Bonchev–Trinajstić information content (AvgIpc) is 2.10. The summed E-state index contributed by atoms with van der Waals surface area (Å²) in [5.41, 5.74) is 0.298. The number of hydrogen-bond donors (Lipinski definition) is 2. The zero-order chi connectivity index (χ0) is 12.6. The molecule has 2 N–H and O–H groups in total. The van der Waals surface area contributed by atoms with Crippen molar-refractivity contribution in [2.24, 2.45) is 5.41 Å². The highest BCUT2D eigenvalue weighted by atomic mass is 16.1. The summed E-state index contributed by atoms with van der Waals surface area (Å²) < 4.78 is 0. The maximum absolute atomic E-state index is 11.4. The topological polar surface area (TPSA) is 41.1 Å². The van der Waals surface area contributed by atoms with Gasteiger partial charge in [0.05, 0.1) is 0 Å². The minimum Gasteiger partial charge on any atom is -0.356 e. The fourth-order valence-corrected chi connectivity index (χ4v) is 1.30. The highest BCUT2D eigenvalue weighted by Crippen LogP contribution is 2.16. The molecule has 0 aliphatic heterocycles. The molecule has 0 aromatic carbocycles. The molecule has 96 valence electrons. The molecule has 0 radical (unpaired) electrons. The van der Waals surface area contributed by atoms with Crippen molar-refractivity contribution in [1.82, 2.24) is 10.6 Å². The standard InChI is InChI=1S/C13H28N2O/c1-11(2)14-9-6-7-12(16)15-10-8-13(3,4)5/h11,14H,6-10H2,1-5H3,(H,15,16). The van der Waals surface area contributed by atoms with Gasteiger partial charge in [0.15, 0.2) is 0 Å². The summed E-state index contributed by atoms with van der Waals surface area (Å²) in [4.78, 5) is 11.4. The van der Waals surface area contributed by atoms with Crippen LogP contribution < -0.4 is 10.6 Å². The van der Waals surface area contributed by atoms with Gasteiger partial charge in [0.25, 0.3) is 0 Å². The molecule has 0 aliphatic rings. The Labute approximate surface area is 100 Å². The molecular weight excluding hydrogens is 200 g/mol. The Morgan fingerprint density at radius 1 is 1.19 bits per heavy atom. The Morgan fingerprint density at radius 3 is 2.31 bits per heavy atom. The molecule has 3 nitrogen and oxygen atoms in total. The number of hydrogen-bond acceptors (Lipinski definition) is 2. The van der Waals surface area contributed by atoms with E-state index in [1.807, 2.05) is 0 Å². The smallest absolute Gasteiger partial charge is 0.220 e. The van der Waals surface area contributed by atoms with Crippen LogP contribution in [-0.2, 0) is 4.79 Å². The summed E-state index contributed by atoms with van der Waals surface area (Å²) in [5.74, 6) is 0.176. The van der Waals surface area contributed by atoms with E-state index in [9.17, 15) is 4.79 Å². The van der Waals surface area contributed by atoms with E-state index in [0.29, 0.717) is 17.9 Å². The molecule has 0 saturated heterocycles. The Balaban J connectivity index is 3.39. The Morgan fingerprint density at radius 2 is 1.81 bits per heavy atom. The van der Waals surface area contributed by atoms with E-state index in [-0.39, 0.29) is 5.91 Å². The predicted octanol–water partition coefficient (Wildman–Crippen LogP) is 2.32. The van der Waals surface area contributed by atoms with Crippen LogP contribution in [0.5, 0.6) is 0 Å². The maximum atomic E-state index is 11.4. The molecule has 0 atom stereocenters. The molecule has 0 saturated carbocycles. The zero-order valence-electron chi connectivity index (χ0n) is 11.5. The lowest BCUT2D eigenvalue weighted by atomic mass is 9.92. The van der Waals surface area contributed by atoms with Crippen LogP contribution in [0.3, 0.4) is 0 Å². The van der Waals surface area contributed by atoms with Crippen LogP contribution >= 0.6 is 0 Å².